The van der Waals surface area contributed by atoms with Gasteiger partial charge in [-0.25, -0.2) is 0 Å². The third-order valence-electron chi connectivity index (χ3n) is 4.43. The maximum atomic E-state index is 5.63. The minimum absolute atomic E-state index is 0.471. The lowest BCUT2D eigenvalue weighted by molar-refractivity contribution is 0.0920. The molecule has 1 atom stereocenters. The fraction of sp³-hybridized carbons (Fsp3) is 0.800. The van der Waals surface area contributed by atoms with Crippen LogP contribution in [0.2, 0.25) is 0 Å². The van der Waals surface area contributed by atoms with Gasteiger partial charge in [-0.1, -0.05) is 6.92 Å². The standard InChI is InChI=1S/C15H26N4O/c1-4-13-10-20-8-7-19(13)15-14(9-16-12-5-6-12)11(2)17-18(15)3/h12-13,16H,4-10H2,1-3H3. The number of hydrogen-bond donors (Lipinski definition) is 1. The molecule has 2 fully saturated rings. The second kappa shape index (κ2) is 5.74. The number of nitrogens with one attached hydrogen (secondary N) is 1. The Morgan fingerprint density at radius 1 is 1.40 bits per heavy atom. The summed E-state index contributed by atoms with van der Waals surface area (Å²) in [6.45, 7) is 7.90. The minimum Gasteiger partial charge on any atom is -0.377 e. The number of aromatic nitrogens is 2. The molecule has 2 heterocycles. The number of ether oxygens (including phenoxy) is 1. The lowest BCUT2D eigenvalue weighted by atomic mass is 10.1. The highest BCUT2D eigenvalue weighted by atomic mass is 16.5. The van der Waals surface area contributed by atoms with Gasteiger partial charge in [-0.2, -0.15) is 5.10 Å². The third-order valence-corrected chi connectivity index (χ3v) is 4.43. The molecule has 1 saturated heterocycles. The lowest BCUT2D eigenvalue weighted by Gasteiger charge is -2.37. The number of anilines is 1. The molecular formula is C15H26N4O. The van der Waals surface area contributed by atoms with Crippen molar-refractivity contribution < 1.29 is 4.74 Å². The SMILES string of the molecule is CCC1COCCN1c1c(CNC2CC2)c(C)nn1C. The number of aryl methyl sites for hydroxylation is 2. The van der Waals surface area contributed by atoms with E-state index in [-0.39, 0.29) is 0 Å². The summed E-state index contributed by atoms with van der Waals surface area (Å²) >= 11 is 0. The van der Waals surface area contributed by atoms with Crippen LogP contribution in [0.15, 0.2) is 0 Å². The highest BCUT2D eigenvalue weighted by molar-refractivity contribution is 5.51. The molecule has 2 aliphatic rings. The second-order valence-electron chi connectivity index (χ2n) is 6.00. The quantitative estimate of drug-likeness (QED) is 0.888. The Labute approximate surface area is 121 Å². The van der Waals surface area contributed by atoms with Gasteiger partial charge >= 0.3 is 0 Å². The first-order chi connectivity index (χ1) is 9.70. The molecule has 0 aromatic carbocycles. The van der Waals surface area contributed by atoms with E-state index in [4.69, 9.17) is 4.74 Å². The van der Waals surface area contributed by atoms with Gasteiger partial charge in [0.05, 0.1) is 24.9 Å². The molecule has 1 aliphatic carbocycles. The minimum atomic E-state index is 0.471. The van der Waals surface area contributed by atoms with Crippen molar-refractivity contribution in [3.63, 3.8) is 0 Å². The van der Waals surface area contributed by atoms with Crippen LogP contribution >= 0.6 is 0 Å². The molecule has 0 amide bonds. The number of nitrogens with zero attached hydrogens (tertiary/aromatic N) is 3. The van der Waals surface area contributed by atoms with Gasteiger partial charge in [-0.05, 0) is 26.2 Å². The van der Waals surface area contributed by atoms with Crippen LogP contribution in [0.1, 0.15) is 37.4 Å². The van der Waals surface area contributed by atoms with E-state index >= 15 is 0 Å². The van der Waals surface area contributed by atoms with Crippen LogP contribution in [0.25, 0.3) is 0 Å². The first kappa shape index (κ1) is 13.9. The largest absolute Gasteiger partial charge is 0.377 e. The Kier molecular flexibility index (Phi) is 3.98. The maximum absolute atomic E-state index is 5.63. The second-order valence-corrected chi connectivity index (χ2v) is 6.00. The molecule has 1 aromatic rings. The fourth-order valence-electron chi connectivity index (χ4n) is 3.06. The normalized spacial score (nSPS) is 23.4. The van der Waals surface area contributed by atoms with Gasteiger partial charge in [0.2, 0.25) is 0 Å². The van der Waals surface area contributed by atoms with Crippen molar-refractivity contribution in [3.05, 3.63) is 11.3 Å². The van der Waals surface area contributed by atoms with E-state index in [0.717, 1.165) is 44.5 Å². The molecule has 3 rings (SSSR count). The molecule has 1 saturated carbocycles. The molecule has 112 valence electrons. The molecule has 20 heavy (non-hydrogen) atoms. The van der Waals surface area contributed by atoms with Crippen LogP contribution in [-0.4, -0.2) is 41.6 Å². The van der Waals surface area contributed by atoms with E-state index in [1.54, 1.807) is 0 Å². The van der Waals surface area contributed by atoms with Crippen LogP contribution in [0.3, 0.4) is 0 Å². The van der Waals surface area contributed by atoms with Crippen molar-refractivity contribution in [2.75, 3.05) is 24.7 Å². The summed E-state index contributed by atoms with van der Waals surface area (Å²) in [5.41, 5.74) is 2.51. The van der Waals surface area contributed by atoms with E-state index in [9.17, 15) is 0 Å². The van der Waals surface area contributed by atoms with E-state index in [1.807, 2.05) is 4.68 Å². The zero-order valence-corrected chi connectivity index (χ0v) is 12.9. The first-order valence-corrected chi connectivity index (χ1v) is 7.81. The maximum Gasteiger partial charge on any atom is 0.131 e. The highest BCUT2D eigenvalue weighted by Gasteiger charge is 2.28. The van der Waals surface area contributed by atoms with Gasteiger partial charge in [0.15, 0.2) is 0 Å². The molecule has 1 aliphatic heterocycles. The Hall–Kier alpha value is -1.07. The molecule has 1 unspecified atom stereocenters. The third kappa shape index (κ3) is 2.69. The van der Waals surface area contributed by atoms with E-state index in [1.165, 1.54) is 24.2 Å². The zero-order chi connectivity index (χ0) is 14.1. The number of morpholine rings is 1. The van der Waals surface area contributed by atoms with Gasteiger partial charge in [-0.3, -0.25) is 4.68 Å². The fourth-order valence-corrected chi connectivity index (χ4v) is 3.06. The van der Waals surface area contributed by atoms with Gasteiger partial charge in [0.1, 0.15) is 5.82 Å². The predicted octanol–water partition coefficient (Wildman–Crippen LogP) is 1.60. The summed E-state index contributed by atoms with van der Waals surface area (Å²) < 4.78 is 7.68. The Morgan fingerprint density at radius 3 is 2.90 bits per heavy atom. The van der Waals surface area contributed by atoms with Crippen molar-refractivity contribution >= 4 is 5.82 Å². The molecule has 5 nitrogen and oxygen atoms in total. The molecule has 0 radical (unpaired) electrons. The topological polar surface area (TPSA) is 42.3 Å². The average Bonchev–Trinajstić information content (AvgIpc) is 3.22. The summed E-state index contributed by atoms with van der Waals surface area (Å²) in [7, 11) is 2.06. The summed E-state index contributed by atoms with van der Waals surface area (Å²) in [4.78, 5) is 2.49. The van der Waals surface area contributed by atoms with Crippen LogP contribution in [-0.2, 0) is 18.3 Å². The van der Waals surface area contributed by atoms with Crippen LogP contribution in [0.5, 0.6) is 0 Å². The van der Waals surface area contributed by atoms with Crippen LogP contribution in [0, 0.1) is 6.92 Å². The smallest absolute Gasteiger partial charge is 0.131 e. The van der Waals surface area contributed by atoms with Gasteiger partial charge in [0.25, 0.3) is 0 Å². The Balaban J connectivity index is 1.85. The van der Waals surface area contributed by atoms with Gasteiger partial charge in [0, 0.05) is 31.7 Å². The summed E-state index contributed by atoms with van der Waals surface area (Å²) in [5.74, 6) is 1.28. The van der Waals surface area contributed by atoms with Crippen LogP contribution < -0.4 is 10.2 Å². The summed E-state index contributed by atoms with van der Waals surface area (Å²) in [6, 6.07) is 1.20. The van der Waals surface area contributed by atoms with Gasteiger partial charge in [-0.15, -0.1) is 0 Å². The highest BCUT2D eigenvalue weighted by Crippen LogP contribution is 2.28. The first-order valence-electron chi connectivity index (χ1n) is 7.81. The molecule has 0 bridgehead atoms. The van der Waals surface area contributed by atoms with E-state index in [0.29, 0.717) is 6.04 Å². The summed E-state index contributed by atoms with van der Waals surface area (Å²) in [5, 5.41) is 8.28. The Bertz CT molecular complexity index is 467. The Morgan fingerprint density at radius 2 is 2.20 bits per heavy atom. The lowest BCUT2D eigenvalue weighted by Crippen LogP contribution is -2.46. The zero-order valence-electron chi connectivity index (χ0n) is 12.9. The predicted molar refractivity (Wildman–Crippen MR) is 80.1 cm³/mol. The van der Waals surface area contributed by atoms with Gasteiger partial charge < -0.3 is 15.0 Å². The van der Waals surface area contributed by atoms with Crippen molar-refractivity contribution in [1.82, 2.24) is 15.1 Å². The molecule has 1 aromatic heterocycles. The van der Waals surface area contributed by atoms with Crippen molar-refractivity contribution in [1.29, 1.82) is 0 Å². The molecule has 5 heteroatoms. The number of rotatable bonds is 5. The van der Waals surface area contributed by atoms with Crippen LogP contribution in [0.4, 0.5) is 5.82 Å². The van der Waals surface area contributed by atoms with E-state index < -0.39 is 0 Å². The van der Waals surface area contributed by atoms with Crippen molar-refractivity contribution in [3.8, 4) is 0 Å². The van der Waals surface area contributed by atoms with Crippen molar-refractivity contribution in [2.45, 2.75) is 51.7 Å². The molecular weight excluding hydrogens is 252 g/mol. The number of hydrogen-bond acceptors (Lipinski definition) is 4. The summed E-state index contributed by atoms with van der Waals surface area (Å²) in [6.07, 6.45) is 3.76. The van der Waals surface area contributed by atoms with E-state index in [2.05, 4.69) is 36.2 Å². The van der Waals surface area contributed by atoms with Crippen molar-refractivity contribution in [2.24, 2.45) is 7.05 Å². The monoisotopic (exact) mass is 278 g/mol. The average molecular weight is 278 g/mol. The molecule has 0 spiro atoms. The molecule has 1 N–H and O–H groups in total.